The molecule has 8 heteroatoms. The van der Waals surface area contributed by atoms with Crippen LogP contribution in [0.5, 0.6) is 5.75 Å². The van der Waals surface area contributed by atoms with Gasteiger partial charge in [-0.3, -0.25) is 0 Å². The highest BCUT2D eigenvalue weighted by Crippen LogP contribution is 2.44. The second-order valence-corrected chi connectivity index (χ2v) is 7.02. The summed E-state index contributed by atoms with van der Waals surface area (Å²) in [5.41, 5.74) is 0.789. The first-order valence-electron chi connectivity index (χ1n) is 9.17. The van der Waals surface area contributed by atoms with Gasteiger partial charge < -0.3 is 28.4 Å². The number of fused-ring (bicyclic) bond motifs is 3. The average Bonchev–Trinajstić information content (AvgIpc) is 3.29. The van der Waals surface area contributed by atoms with Gasteiger partial charge in [-0.25, -0.2) is 9.59 Å². The molecular weight excluding hydrogens is 368 g/mol. The van der Waals surface area contributed by atoms with E-state index in [0.29, 0.717) is 12.2 Å². The first kappa shape index (κ1) is 18.9. The van der Waals surface area contributed by atoms with E-state index < -0.39 is 48.4 Å². The molecule has 0 N–H and O–H groups in total. The largest absolute Gasteiger partial charge is 0.497 e. The fourth-order valence-electron chi connectivity index (χ4n) is 3.47. The molecule has 3 fully saturated rings. The molecule has 1 aromatic rings. The third-order valence-corrected chi connectivity index (χ3v) is 5.15. The van der Waals surface area contributed by atoms with Gasteiger partial charge in [0.05, 0.1) is 7.11 Å². The van der Waals surface area contributed by atoms with Gasteiger partial charge in [-0.2, -0.15) is 0 Å². The van der Waals surface area contributed by atoms with Crippen molar-refractivity contribution in [3.8, 4) is 5.75 Å². The Hall–Kier alpha value is -2.42. The average molecular weight is 390 g/mol. The third-order valence-electron chi connectivity index (χ3n) is 5.15. The molecule has 0 bridgehead atoms. The highest BCUT2D eigenvalue weighted by atomic mass is 16.9. The van der Waals surface area contributed by atoms with Gasteiger partial charge in [0, 0.05) is 6.08 Å². The molecule has 6 unspecified atom stereocenters. The summed E-state index contributed by atoms with van der Waals surface area (Å²) in [7, 11) is 1.58. The highest BCUT2D eigenvalue weighted by molar-refractivity contribution is 5.90. The number of carbonyl (C=O) groups is 2. The summed E-state index contributed by atoms with van der Waals surface area (Å²) in [6, 6.07) is 7.14. The van der Waals surface area contributed by atoms with E-state index >= 15 is 0 Å². The van der Waals surface area contributed by atoms with Gasteiger partial charge in [0.2, 0.25) is 6.10 Å². The van der Waals surface area contributed by atoms with E-state index in [-0.39, 0.29) is 0 Å². The Bertz CT molecular complexity index is 788. The summed E-state index contributed by atoms with van der Waals surface area (Å²) in [5.74, 6) is -1.37. The van der Waals surface area contributed by atoms with Crippen LogP contribution in [-0.2, 0) is 33.3 Å². The van der Waals surface area contributed by atoms with Crippen molar-refractivity contribution in [1.82, 2.24) is 0 Å². The number of benzene rings is 1. The maximum absolute atomic E-state index is 12.2. The van der Waals surface area contributed by atoms with Crippen molar-refractivity contribution in [3.05, 3.63) is 35.9 Å². The molecule has 6 atom stereocenters. The SMILES string of the molecule is CCC1(C)OC2OC3C(OC(=O)/C=C/c4ccc(OC)cc4)C(=O)OC3C2O1. The molecule has 0 amide bonds. The standard InChI is InChI=1S/C20H22O8/c1-4-20(2)27-17-15-14(26-19(17)28-20)16(18(22)25-15)24-13(21)10-7-11-5-8-12(23-3)9-6-11/h5-10,14-17,19H,4H2,1-3H3/b10-7+. The van der Waals surface area contributed by atoms with Gasteiger partial charge in [0.15, 0.2) is 24.3 Å². The molecule has 0 saturated carbocycles. The molecule has 3 saturated heterocycles. The van der Waals surface area contributed by atoms with E-state index in [0.717, 1.165) is 5.56 Å². The Morgan fingerprint density at radius 1 is 1.18 bits per heavy atom. The minimum atomic E-state index is -1.15. The van der Waals surface area contributed by atoms with Crippen LogP contribution in [0.25, 0.3) is 6.08 Å². The Morgan fingerprint density at radius 3 is 2.61 bits per heavy atom. The lowest BCUT2D eigenvalue weighted by molar-refractivity contribution is -0.226. The van der Waals surface area contributed by atoms with Crippen LogP contribution in [0, 0.1) is 0 Å². The van der Waals surface area contributed by atoms with Crippen LogP contribution in [0.1, 0.15) is 25.8 Å². The lowest BCUT2D eigenvalue weighted by atomic mass is 10.1. The number of esters is 2. The van der Waals surface area contributed by atoms with Crippen LogP contribution in [0.2, 0.25) is 0 Å². The topological polar surface area (TPSA) is 89.5 Å². The quantitative estimate of drug-likeness (QED) is 0.556. The number of carbonyl (C=O) groups excluding carboxylic acids is 2. The fraction of sp³-hybridized carbons (Fsp3) is 0.500. The summed E-state index contributed by atoms with van der Waals surface area (Å²) in [4.78, 5) is 24.3. The minimum Gasteiger partial charge on any atom is -0.497 e. The van der Waals surface area contributed by atoms with Gasteiger partial charge in [-0.15, -0.1) is 0 Å². The van der Waals surface area contributed by atoms with Crippen molar-refractivity contribution in [3.63, 3.8) is 0 Å². The lowest BCUT2D eigenvalue weighted by Crippen LogP contribution is -2.38. The van der Waals surface area contributed by atoms with Gasteiger partial charge in [0.1, 0.15) is 11.9 Å². The Morgan fingerprint density at radius 2 is 1.93 bits per heavy atom. The zero-order valence-electron chi connectivity index (χ0n) is 15.8. The predicted octanol–water partition coefficient (Wildman–Crippen LogP) is 1.81. The number of hydrogen-bond acceptors (Lipinski definition) is 8. The van der Waals surface area contributed by atoms with Crippen molar-refractivity contribution in [2.45, 2.75) is 56.8 Å². The monoisotopic (exact) mass is 390 g/mol. The maximum Gasteiger partial charge on any atom is 0.350 e. The molecule has 4 rings (SSSR count). The number of rotatable bonds is 5. The van der Waals surface area contributed by atoms with Gasteiger partial charge in [-0.05, 0) is 37.1 Å². The molecule has 28 heavy (non-hydrogen) atoms. The molecule has 8 nitrogen and oxygen atoms in total. The zero-order chi connectivity index (χ0) is 19.9. The molecule has 3 aliphatic rings. The van der Waals surface area contributed by atoms with Crippen molar-refractivity contribution >= 4 is 18.0 Å². The molecule has 3 aliphatic heterocycles. The van der Waals surface area contributed by atoms with E-state index in [9.17, 15) is 9.59 Å². The summed E-state index contributed by atoms with van der Waals surface area (Å²) in [6.45, 7) is 3.74. The number of ether oxygens (including phenoxy) is 6. The molecular formula is C20H22O8. The maximum atomic E-state index is 12.2. The molecule has 1 aromatic carbocycles. The van der Waals surface area contributed by atoms with Crippen LogP contribution < -0.4 is 4.74 Å². The molecule has 0 aromatic heterocycles. The second-order valence-electron chi connectivity index (χ2n) is 7.02. The van der Waals surface area contributed by atoms with Crippen LogP contribution in [0.15, 0.2) is 30.3 Å². The van der Waals surface area contributed by atoms with Crippen LogP contribution >= 0.6 is 0 Å². The van der Waals surface area contributed by atoms with Crippen LogP contribution in [-0.4, -0.2) is 55.5 Å². The first-order valence-corrected chi connectivity index (χ1v) is 9.17. The normalized spacial score (nSPS) is 36.2. The van der Waals surface area contributed by atoms with Crippen LogP contribution in [0.3, 0.4) is 0 Å². The van der Waals surface area contributed by atoms with Gasteiger partial charge in [0.25, 0.3) is 0 Å². The smallest absolute Gasteiger partial charge is 0.350 e. The van der Waals surface area contributed by atoms with Crippen molar-refractivity contribution < 1.29 is 38.0 Å². The van der Waals surface area contributed by atoms with E-state index in [1.807, 2.05) is 13.8 Å². The number of hydrogen-bond donors (Lipinski definition) is 0. The lowest BCUT2D eigenvalue weighted by Gasteiger charge is -2.24. The van der Waals surface area contributed by atoms with E-state index in [4.69, 9.17) is 28.4 Å². The van der Waals surface area contributed by atoms with Crippen molar-refractivity contribution in [2.24, 2.45) is 0 Å². The molecule has 0 aliphatic carbocycles. The second kappa shape index (κ2) is 7.20. The van der Waals surface area contributed by atoms with Crippen molar-refractivity contribution in [1.29, 1.82) is 0 Å². The first-order chi connectivity index (χ1) is 13.4. The highest BCUT2D eigenvalue weighted by Gasteiger charge is 2.64. The molecule has 0 spiro atoms. The minimum absolute atomic E-state index is 0.530. The Labute approximate surface area is 162 Å². The van der Waals surface area contributed by atoms with E-state index in [1.165, 1.54) is 6.08 Å². The van der Waals surface area contributed by atoms with Crippen molar-refractivity contribution in [2.75, 3.05) is 7.11 Å². The molecule has 0 radical (unpaired) electrons. The Balaban J connectivity index is 1.38. The Kier molecular flexibility index (Phi) is 4.86. The predicted molar refractivity (Wildman–Crippen MR) is 95.1 cm³/mol. The fourth-order valence-corrected chi connectivity index (χ4v) is 3.47. The summed E-state index contributed by atoms with van der Waals surface area (Å²) in [6.07, 6.45) is -0.271. The number of methoxy groups -OCH3 is 1. The zero-order valence-corrected chi connectivity index (χ0v) is 15.8. The van der Waals surface area contributed by atoms with E-state index in [2.05, 4.69) is 0 Å². The summed E-state index contributed by atoms with van der Waals surface area (Å²) >= 11 is 0. The molecule has 150 valence electrons. The van der Waals surface area contributed by atoms with Crippen LogP contribution in [0.4, 0.5) is 0 Å². The summed E-state index contributed by atoms with van der Waals surface area (Å²) in [5, 5.41) is 0. The summed E-state index contributed by atoms with van der Waals surface area (Å²) < 4.78 is 33.1. The molecule has 3 heterocycles. The van der Waals surface area contributed by atoms with Gasteiger partial charge in [-0.1, -0.05) is 19.1 Å². The third kappa shape index (κ3) is 3.39. The van der Waals surface area contributed by atoms with Gasteiger partial charge >= 0.3 is 11.9 Å². The van der Waals surface area contributed by atoms with E-state index in [1.54, 1.807) is 37.5 Å².